The summed E-state index contributed by atoms with van der Waals surface area (Å²) in [6.45, 7) is 3.09. The first kappa shape index (κ1) is 12.1. The van der Waals surface area contributed by atoms with E-state index < -0.39 is 0 Å². The lowest BCUT2D eigenvalue weighted by atomic mass is 10.1. The molecule has 0 aromatic carbocycles. The summed E-state index contributed by atoms with van der Waals surface area (Å²) in [6, 6.07) is 0.347. The van der Waals surface area contributed by atoms with Gasteiger partial charge in [-0.3, -0.25) is 14.7 Å². The summed E-state index contributed by atoms with van der Waals surface area (Å²) in [7, 11) is 0. The molecule has 1 N–H and O–H groups in total. The lowest BCUT2D eigenvalue weighted by Crippen LogP contribution is -2.47. The zero-order valence-corrected chi connectivity index (χ0v) is 11.3. The van der Waals surface area contributed by atoms with Crippen molar-refractivity contribution in [2.45, 2.75) is 38.3 Å². The fourth-order valence-corrected chi connectivity index (χ4v) is 3.16. The lowest BCUT2D eigenvalue weighted by Gasteiger charge is -2.32. The van der Waals surface area contributed by atoms with Crippen LogP contribution in [0.1, 0.15) is 30.6 Å². The van der Waals surface area contributed by atoms with Gasteiger partial charge < -0.3 is 5.32 Å². The molecule has 1 aliphatic carbocycles. The van der Waals surface area contributed by atoms with Gasteiger partial charge >= 0.3 is 0 Å². The van der Waals surface area contributed by atoms with Crippen LogP contribution in [0.15, 0.2) is 11.7 Å². The van der Waals surface area contributed by atoms with E-state index in [0.29, 0.717) is 12.0 Å². The zero-order valence-electron chi connectivity index (χ0n) is 10.5. The van der Waals surface area contributed by atoms with Crippen LogP contribution in [-0.4, -0.2) is 34.9 Å². The van der Waals surface area contributed by atoms with E-state index in [1.165, 1.54) is 11.3 Å². The first-order valence-electron chi connectivity index (χ1n) is 6.71. The number of thiazole rings is 1. The largest absolute Gasteiger partial charge is 0.352 e. The molecular weight excluding hydrogens is 246 g/mol. The third-order valence-electron chi connectivity index (χ3n) is 3.66. The van der Waals surface area contributed by atoms with E-state index in [-0.39, 0.29) is 5.91 Å². The maximum atomic E-state index is 11.8. The minimum Gasteiger partial charge on any atom is -0.352 e. The third kappa shape index (κ3) is 3.09. The summed E-state index contributed by atoms with van der Waals surface area (Å²) in [5, 5.41) is 3.20. The molecule has 1 aromatic heterocycles. The number of rotatable bonds is 4. The van der Waals surface area contributed by atoms with Crippen LogP contribution in [0.3, 0.4) is 0 Å². The van der Waals surface area contributed by atoms with E-state index >= 15 is 0 Å². The highest BCUT2D eigenvalue weighted by Crippen LogP contribution is 2.29. The maximum Gasteiger partial charge on any atom is 0.223 e. The number of hydrogen-bond acceptors (Lipinski definition) is 4. The number of carbonyl (C=O) groups is 1. The van der Waals surface area contributed by atoms with E-state index in [1.54, 1.807) is 11.3 Å². The highest BCUT2D eigenvalue weighted by atomic mass is 32.1. The molecule has 1 saturated carbocycles. The molecule has 98 valence electrons. The molecule has 2 aliphatic rings. The van der Waals surface area contributed by atoms with E-state index in [0.717, 1.165) is 38.9 Å². The molecule has 3 rings (SSSR count). The molecule has 2 heterocycles. The van der Waals surface area contributed by atoms with Gasteiger partial charge in [-0.15, -0.1) is 11.3 Å². The molecule has 2 fully saturated rings. The van der Waals surface area contributed by atoms with Gasteiger partial charge in [0.05, 0.1) is 5.51 Å². The number of nitrogens with zero attached hydrogens (tertiary/aromatic N) is 2. The molecule has 18 heavy (non-hydrogen) atoms. The Kier molecular flexibility index (Phi) is 3.61. The normalized spacial score (nSPS) is 25.0. The number of hydrogen-bond donors (Lipinski definition) is 1. The molecule has 0 bridgehead atoms. The Morgan fingerprint density at radius 2 is 2.39 bits per heavy atom. The van der Waals surface area contributed by atoms with Crippen molar-refractivity contribution in [2.24, 2.45) is 5.92 Å². The quantitative estimate of drug-likeness (QED) is 0.900. The van der Waals surface area contributed by atoms with Crippen LogP contribution in [0.25, 0.3) is 0 Å². The Balaban J connectivity index is 1.50. The molecule has 1 atom stereocenters. The molecule has 1 saturated heterocycles. The van der Waals surface area contributed by atoms with Crippen LogP contribution in [0.4, 0.5) is 0 Å². The van der Waals surface area contributed by atoms with Gasteiger partial charge in [0.2, 0.25) is 5.91 Å². The molecule has 5 heteroatoms. The highest BCUT2D eigenvalue weighted by Gasteiger charge is 2.31. The summed E-state index contributed by atoms with van der Waals surface area (Å²) in [5.41, 5.74) is 1.88. The van der Waals surface area contributed by atoms with Gasteiger partial charge in [0.1, 0.15) is 0 Å². The Hall–Kier alpha value is -0.940. The summed E-state index contributed by atoms with van der Waals surface area (Å²) >= 11 is 1.71. The van der Waals surface area contributed by atoms with Crippen LogP contribution in [0.5, 0.6) is 0 Å². The van der Waals surface area contributed by atoms with Crippen molar-refractivity contribution < 1.29 is 4.79 Å². The fraction of sp³-hybridized carbons (Fsp3) is 0.692. The first-order chi connectivity index (χ1) is 8.81. The van der Waals surface area contributed by atoms with Gasteiger partial charge in [-0.2, -0.15) is 0 Å². The Morgan fingerprint density at radius 1 is 1.50 bits per heavy atom. The van der Waals surface area contributed by atoms with E-state index in [2.05, 4.69) is 15.2 Å². The fourth-order valence-electron chi connectivity index (χ4n) is 2.52. The molecule has 1 aliphatic heterocycles. The van der Waals surface area contributed by atoms with Gasteiger partial charge in [0.25, 0.3) is 0 Å². The second-order valence-corrected chi connectivity index (χ2v) is 6.30. The first-order valence-corrected chi connectivity index (χ1v) is 7.59. The number of aromatic nitrogens is 1. The molecule has 4 nitrogen and oxygen atoms in total. The average Bonchev–Trinajstić information content (AvgIpc) is 3.10. The summed E-state index contributed by atoms with van der Waals surface area (Å²) < 4.78 is 0. The topological polar surface area (TPSA) is 45.2 Å². The van der Waals surface area contributed by atoms with Crippen LogP contribution < -0.4 is 5.32 Å². The summed E-state index contributed by atoms with van der Waals surface area (Å²) in [6.07, 6.45) is 6.41. The van der Waals surface area contributed by atoms with Crippen molar-refractivity contribution in [1.82, 2.24) is 15.2 Å². The van der Waals surface area contributed by atoms with Gasteiger partial charge in [-0.1, -0.05) is 0 Å². The van der Waals surface area contributed by atoms with Gasteiger partial charge in [-0.25, -0.2) is 0 Å². The average molecular weight is 265 g/mol. The number of nitrogens with one attached hydrogen (secondary N) is 1. The van der Waals surface area contributed by atoms with E-state index in [1.807, 2.05) is 11.7 Å². The Bertz CT molecular complexity index is 402. The van der Waals surface area contributed by atoms with Crippen LogP contribution >= 0.6 is 11.3 Å². The van der Waals surface area contributed by atoms with Crippen molar-refractivity contribution in [2.75, 3.05) is 13.1 Å². The number of amides is 1. The Morgan fingerprint density at radius 3 is 3.11 bits per heavy atom. The van der Waals surface area contributed by atoms with Gasteiger partial charge in [0.15, 0.2) is 0 Å². The van der Waals surface area contributed by atoms with Crippen LogP contribution in [-0.2, 0) is 11.3 Å². The monoisotopic (exact) mass is 265 g/mol. The standard InChI is InChI=1S/C13H19N3OS/c17-13(10-3-4-10)15-11-2-1-5-16(7-11)8-12-6-14-9-18-12/h6,9-11H,1-5,7-8H2,(H,15,17). The molecule has 0 radical (unpaired) electrons. The van der Waals surface area contributed by atoms with Crippen molar-refractivity contribution in [1.29, 1.82) is 0 Å². The molecule has 1 unspecified atom stereocenters. The van der Waals surface area contributed by atoms with Crippen molar-refractivity contribution in [3.05, 3.63) is 16.6 Å². The Labute approximate surface area is 111 Å². The van der Waals surface area contributed by atoms with Crippen molar-refractivity contribution in [3.8, 4) is 0 Å². The molecular formula is C13H19N3OS. The third-order valence-corrected chi connectivity index (χ3v) is 4.43. The molecule has 1 aromatic rings. The predicted octanol–water partition coefficient (Wildman–Crippen LogP) is 1.63. The second kappa shape index (κ2) is 5.36. The smallest absolute Gasteiger partial charge is 0.223 e. The minimum atomic E-state index is 0.277. The van der Waals surface area contributed by atoms with Crippen LogP contribution in [0.2, 0.25) is 0 Å². The van der Waals surface area contributed by atoms with E-state index in [4.69, 9.17) is 0 Å². The minimum absolute atomic E-state index is 0.277. The van der Waals surface area contributed by atoms with Crippen molar-refractivity contribution in [3.63, 3.8) is 0 Å². The van der Waals surface area contributed by atoms with Gasteiger partial charge in [-0.05, 0) is 32.2 Å². The number of piperidine rings is 1. The maximum absolute atomic E-state index is 11.8. The molecule has 1 amide bonds. The zero-order chi connectivity index (χ0) is 12.4. The van der Waals surface area contributed by atoms with Crippen molar-refractivity contribution >= 4 is 17.2 Å². The van der Waals surface area contributed by atoms with Gasteiger partial charge in [0, 0.05) is 36.1 Å². The second-order valence-electron chi connectivity index (χ2n) is 5.32. The van der Waals surface area contributed by atoms with Crippen LogP contribution in [0, 0.1) is 5.92 Å². The summed E-state index contributed by atoms with van der Waals surface area (Å²) in [4.78, 5) is 19.6. The highest BCUT2D eigenvalue weighted by molar-refractivity contribution is 7.09. The lowest BCUT2D eigenvalue weighted by molar-refractivity contribution is -0.123. The summed E-state index contributed by atoms with van der Waals surface area (Å²) in [5.74, 6) is 0.599. The molecule has 0 spiro atoms. The number of likely N-dealkylation sites (tertiary alicyclic amines) is 1. The number of carbonyl (C=O) groups excluding carboxylic acids is 1. The SMILES string of the molecule is O=C(NC1CCCN(Cc2cncs2)C1)C1CC1. The van der Waals surface area contributed by atoms with E-state index in [9.17, 15) is 4.79 Å². The predicted molar refractivity (Wildman–Crippen MR) is 71.3 cm³/mol.